The number of fused-ring (bicyclic) bond motifs is 1. The van der Waals surface area contributed by atoms with E-state index in [0.29, 0.717) is 11.4 Å². The molecule has 11 heteroatoms. The van der Waals surface area contributed by atoms with Crippen molar-refractivity contribution in [2.45, 2.75) is 11.3 Å². The number of nitriles is 1. The lowest BCUT2D eigenvalue weighted by atomic mass is 10.1. The molecule has 2 heterocycles. The molecular formula is C20H16FN7O2S. The molecule has 4 aromatic rings. The Morgan fingerprint density at radius 3 is 2.74 bits per heavy atom. The number of anilines is 4. The quantitative estimate of drug-likeness (QED) is 0.361. The fourth-order valence-corrected chi connectivity index (χ4v) is 3.58. The van der Waals surface area contributed by atoms with Crippen molar-refractivity contribution in [3.05, 3.63) is 66.2 Å². The van der Waals surface area contributed by atoms with Gasteiger partial charge in [-0.3, -0.25) is 0 Å². The van der Waals surface area contributed by atoms with Crippen LogP contribution in [0.3, 0.4) is 0 Å². The summed E-state index contributed by atoms with van der Waals surface area (Å²) in [5, 5.41) is 20.7. The van der Waals surface area contributed by atoms with E-state index in [-0.39, 0.29) is 23.1 Å². The molecule has 0 saturated carbocycles. The summed E-state index contributed by atoms with van der Waals surface area (Å²) >= 11 is 0. The van der Waals surface area contributed by atoms with E-state index in [2.05, 4.69) is 31.7 Å². The van der Waals surface area contributed by atoms with Gasteiger partial charge >= 0.3 is 0 Å². The van der Waals surface area contributed by atoms with Crippen LogP contribution in [0.4, 0.5) is 27.5 Å². The Balaban J connectivity index is 1.61. The third-order valence-corrected chi connectivity index (χ3v) is 5.37. The van der Waals surface area contributed by atoms with Crippen LogP contribution in [0, 0.1) is 17.1 Å². The smallest absolute Gasteiger partial charge is 0.238 e. The molecular weight excluding hydrogens is 421 g/mol. The van der Waals surface area contributed by atoms with Crippen molar-refractivity contribution in [2.24, 2.45) is 5.14 Å². The van der Waals surface area contributed by atoms with Gasteiger partial charge in [-0.15, -0.1) is 0 Å². The predicted octanol–water partition coefficient (Wildman–Crippen LogP) is 3.30. The van der Waals surface area contributed by atoms with E-state index in [1.54, 1.807) is 24.4 Å². The van der Waals surface area contributed by atoms with Crippen LogP contribution < -0.4 is 15.8 Å². The van der Waals surface area contributed by atoms with Crippen LogP contribution in [0.2, 0.25) is 0 Å². The minimum atomic E-state index is -3.87. The average Bonchev–Trinajstić information content (AvgIpc) is 3.13. The van der Waals surface area contributed by atoms with E-state index in [4.69, 9.17) is 10.4 Å². The lowest BCUT2D eigenvalue weighted by Crippen LogP contribution is -2.12. The first-order valence-electron chi connectivity index (χ1n) is 9.00. The van der Waals surface area contributed by atoms with Crippen molar-refractivity contribution in [3.8, 4) is 6.07 Å². The van der Waals surface area contributed by atoms with Gasteiger partial charge in [-0.2, -0.15) is 10.2 Å². The van der Waals surface area contributed by atoms with Crippen LogP contribution in [0.1, 0.15) is 5.56 Å². The highest BCUT2D eigenvalue weighted by Crippen LogP contribution is 2.26. The molecule has 2 aromatic carbocycles. The van der Waals surface area contributed by atoms with Gasteiger partial charge in [-0.25, -0.2) is 22.9 Å². The number of primary sulfonamides is 1. The Hall–Kier alpha value is -4.01. The van der Waals surface area contributed by atoms with Crippen molar-refractivity contribution in [2.75, 3.05) is 10.6 Å². The molecule has 5 N–H and O–H groups in total. The summed E-state index contributed by atoms with van der Waals surface area (Å²) in [6, 6.07) is 13.3. The topological polar surface area (TPSA) is 150 Å². The van der Waals surface area contributed by atoms with Crippen molar-refractivity contribution in [1.82, 2.24) is 15.0 Å². The van der Waals surface area contributed by atoms with Crippen LogP contribution in [0.15, 0.2) is 59.8 Å². The summed E-state index contributed by atoms with van der Waals surface area (Å²) in [6.07, 6.45) is 3.01. The van der Waals surface area contributed by atoms with Crippen LogP contribution in [0.25, 0.3) is 10.9 Å². The van der Waals surface area contributed by atoms with Gasteiger partial charge in [0, 0.05) is 28.5 Å². The van der Waals surface area contributed by atoms with E-state index in [0.717, 1.165) is 22.7 Å². The zero-order valence-corrected chi connectivity index (χ0v) is 16.7. The third kappa shape index (κ3) is 4.45. The summed E-state index contributed by atoms with van der Waals surface area (Å²) in [7, 11) is -3.87. The van der Waals surface area contributed by atoms with Crippen molar-refractivity contribution >= 4 is 44.1 Å². The number of benzene rings is 2. The largest absolute Gasteiger partial charge is 0.361 e. The van der Waals surface area contributed by atoms with E-state index >= 15 is 0 Å². The molecule has 2 aromatic heterocycles. The molecule has 0 aliphatic heterocycles. The molecule has 0 unspecified atom stereocenters. The Labute approximate surface area is 176 Å². The molecule has 0 radical (unpaired) electrons. The maximum absolute atomic E-state index is 14.3. The highest BCUT2D eigenvalue weighted by molar-refractivity contribution is 7.89. The van der Waals surface area contributed by atoms with Crippen LogP contribution in [-0.4, -0.2) is 23.4 Å². The first-order chi connectivity index (χ1) is 14.8. The fraction of sp³-hybridized carbons (Fsp3) is 0.0500. The number of aromatic amines is 1. The number of aromatic nitrogens is 3. The molecule has 0 aliphatic carbocycles. The number of sulfonamides is 1. The number of nitrogens with two attached hydrogens (primary N) is 1. The number of halogens is 1. The molecule has 0 fully saturated rings. The Kier molecular flexibility index (Phi) is 5.24. The molecule has 31 heavy (non-hydrogen) atoms. The van der Waals surface area contributed by atoms with Crippen molar-refractivity contribution < 1.29 is 12.8 Å². The highest BCUT2D eigenvalue weighted by atomic mass is 32.2. The molecule has 0 amide bonds. The fourth-order valence-electron chi connectivity index (χ4n) is 3.02. The van der Waals surface area contributed by atoms with Crippen LogP contribution >= 0.6 is 0 Å². The molecule has 4 rings (SSSR count). The maximum Gasteiger partial charge on any atom is 0.238 e. The second-order valence-corrected chi connectivity index (χ2v) is 8.18. The van der Waals surface area contributed by atoms with Gasteiger partial charge in [-0.1, -0.05) is 6.07 Å². The van der Waals surface area contributed by atoms with Gasteiger partial charge in [0.1, 0.15) is 0 Å². The Morgan fingerprint density at radius 1 is 1.16 bits per heavy atom. The summed E-state index contributed by atoms with van der Waals surface area (Å²) in [5.74, 6) is -0.685. The summed E-state index contributed by atoms with van der Waals surface area (Å²) < 4.78 is 37.3. The van der Waals surface area contributed by atoms with E-state index < -0.39 is 15.8 Å². The van der Waals surface area contributed by atoms with E-state index in [1.165, 1.54) is 18.2 Å². The second-order valence-electron chi connectivity index (χ2n) is 6.62. The summed E-state index contributed by atoms with van der Waals surface area (Å²) in [4.78, 5) is 11.0. The van der Waals surface area contributed by atoms with E-state index in [1.807, 2.05) is 6.07 Å². The van der Waals surface area contributed by atoms with Gasteiger partial charge in [0.05, 0.1) is 23.6 Å². The van der Waals surface area contributed by atoms with Gasteiger partial charge in [-0.05, 0) is 42.0 Å². The molecule has 9 nitrogen and oxygen atoms in total. The van der Waals surface area contributed by atoms with Gasteiger partial charge in [0.25, 0.3) is 0 Å². The average molecular weight is 437 g/mol. The predicted molar refractivity (Wildman–Crippen MR) is 114 cm³/mol. The Morgan fingerprint density at radius 2 is 1.97 bits per heavy atom. The number of hydrogen-bond acceptors (Lipinski definition) is 7. The first-order valence-corrected chi connectivity index (χ1v) is 10.5. The zero-order valence-electron chi connectivity index (χ0n) is 15.9. The normalized spacial score (nSPS) is 11.3. The number of nitrogens with zero attached hydrogens (tertiary/aromatic N) is 3. The molecule has 0 spiro atoms. The minimum Gasteiger partial charge on any atom is -0.361 e. The van der Waals surface area contributed by atoms with E-state index in [9.17, 15) is 12.8 Å². The Bertz CT molecular complexity index is 1430. The molecule has 0 atom stereocenters. The van der Waals surface area contributed by atoms with Gasteiger partial charge in [0.15, 0.2) is 11.6 Å². The highest BCUT2D eigenvalue weighted by Gasteiger charge is 2.12. The summed E-state index contributed by atoms with van der Waals surface area (Å²) in [6.45, 7) is 0. The van der Waals surface area contributed by atoms with Gasteiger partial charge < -0.3 is 15.6 Å². The van der Waals surface area contributed by atoms with Crippen LogP contribution in [0.5, 0.6) is 0 Å². The first kappa shape index (κ1) is 20.3. The lowest BCUT2D eigenvalue weighted by Gasteiger charge is -2.10. The summed E-state index contributed by atoms with van der Waals surface area (Å²) in [5.41, 5.74) is 2.64. The van der Waals surface area contributed by atoms with Crippen LogP contribution in [-0.2, 0) is 16.4 Å². The van der Waals surface area contributed by atoms with Crippen molar-refractivity contribution in [3.63, 3.8) is 0 Å². The van der Waals surface area contributed by atoms with Crippen molar-refractivity contribution in [1.29, 1.82) is 5.26 Å². The monoisotopic (exact) mass is 437 g/mol. The number of rotatable bonds is 6. The standard InChI is InChI=1S/C20H16FN7O2S/c21-17-11-25-20(27-13-2-1-3-15(8-13)31(23,29)30)28-19(17)26-14-4-5-18-16(9-14)12(6-7-22)10-24-18/h1-5,8-11,24H,6H2,(H2,23,29,30)(H2,25,26,27,28). The third-order valence-electron chi connectivity index (χ3n) is 4.46. The minimum absolute atomic E-state index is 0.0587. The number of hydrogen-bond donors (Lipinski definition) is 4. The SMILES string of the molecule is N#CCc1c[nH]c2ccc(Nc3nc(Nc4cccc(S(N)(=O)=O)c4)ncc3F)cc12. The molecule has 0 aliphatic rings. The molecule has 0 saturated heterocycles. The molecule has 156 valence electrons. The molecule has 0 bridgehead atoms. The lowest BCUT2D eigenvalue weighted by molar-refractivity contribution is 0.598. The maximum atomic E-state index is 14.3. The number of nitrogens with one attached hydrogen (secondary N) is 3. The zero-order chi connectivity index (χ0) is 22.0. The second kappa shape index (κ2) is 8.02. The van der Waals surface area contributed by atoms with Gasteiger partial charge in [0.2, 0.25) is 16.0 Å². The number of H-pyrrole nitrogens is 1.